The van der Waals surface area contributed by atoms with Crippen LogP contribution in [0.15, 0.2) is 30.3 Å². The van der Waals surface area contributed by atoms with Gasteiger partial charge in [-0.05, 0) is 68.6 Å². The van der Waals surface area contributed by atoms with E-state index in [1.807, 2.05) is 32.0 Å². The normalized spacial score (nSPS) is 13.9. The van der Waals surface area contributed by atoms with Crippen molar-refractivity contribution in [3.63, 3.8) is 0 Å². The lowest BCUT2D eigenvalue weighted by Gasteiger charge is -2.32. The van der Waals surface area contributed by atoms with E-state index in [9.17, 15) is 43.5 Å². The fraction of sp³-hybridized carbons (Fsp3) is 0.600. The predicted molar refractivity (Wildman–Crippen MR) is 196 cm³/mol. The van der Waals surface area contributed by atoms with Crippen LogP contribution in [0.25, 0.3) is 0 Å². The summed E-state index contributed by atoms with van der Waals surface area (Å²) in [4.78, 5) is 104. The summed E-state index contributed by atoms with van der Waals surface area (Å²) in [7, 11) is 0. The van der Waals surface area contributed by atoms with Crippen molar-refractivity contribution in [3.05, 3.63) is 35.9 Å². The Morgan fingerprint density at radius 2 is 1.48 bits per heavy atom. The minimum atomic E-state index is -1.59. The van der Waals surface area contributed by atoms with Gasteiger partial charge in [-0.2, -0.15) is 11.8 Å². The van der Waals surface area contributed by atoms with Gasteiger partial charge in [0.25, 0.3) is 5.91 Å². The molecule has 0 bridgehead atoms. The highest BCUT2D eigenvalue weighted by Gasteiger charge is 2.37. The molecule has 0 aromatic heterocycles. The summed E-state index contributed by atoms with van der Waals surface area (Å²) in [5.74, 6) is -6.17. The van der Waals surface area contributed by atoms with Crippen molar-refractivity contribution in [3.8, 4) is 0 Å². The molecule has 290 valence electrons. The number of carboxylic acid groups (broad SMARTS) is 1. The van der Waals surface area contributed by atoms with E-state index in [0.29, 0.717) is 31.4 Å². The van der Waals surface area contributed by atoms with Gasteiger partial charge in [0.05, 0.1) is 18.5 Å². The fourth-order valence-corrected chi connectivity index (χ4v) is 5.73. The number of thioether (sulfide) groups is 1. The number of aryl methyl sites for hydroxylation is 1. The first-order valence-electron chi connectivity index (χ1n) is 17.4. The third-order valence-electron chi connectivity index (χ3n) is 8.03. The van der Waals surface area contributed by atoms with Gasteiger partial charge in [-0.1, -0.05) is 50.6 Å². The third-order valence-corrected chi connectivity index (χ3v) is 8.68. The average Bonchev–Trinajstić information content (AvgIpc) is 3.09. The summed E-state index contributed by atoms with van der Waals surface area (Å²) in [6, 6.07) is 2.40. The molecule has 1 aromatic rings. The summed E-state index contributed by atoms with van der Waals surface area (Å²) in [5, 5.41) is 16.8. The lowest BCUT2D eigenvalue weighted by molar-refractivity contribution is -0.152. The predicted octanol–water partition coefficient (Wildman–Crippen LogP) is -0.00800. The molecule has 0 fully saturated rings. The molecule has 1 rings (SSSR count). The molecule has 0 unspecified atom stereocenters. The Kier molecular flexibility index (Phi) is 21.8. The second-order valence-corrected chi connectivity index (χ2v) is 13.9. The van der Waals surface area contributed by atoms with Gasteiger partial charge in [0.15, 0.2) is 0 Å². The van der Waals surface area contributed by atoms with Crippen molar-refractivity contribution in [2.45, 2.75) is 108 Å². The number of nitrogens with two attached hydrogens (primary N) is 3. The Labute approximate surface area is 309 Å². The topological polar surface area (TPSA) is 274 Å². The third kappa shape index (κ3) is 17.2. The Balaban J connectivity index is 3.38. The maximum absolute atomic E-state index is 14.2. The molecule has 1 aromatic carbocycles. The zero-order valence-electron chi connectivity index (χ0n) is 30.2. The number of nitrogens with one attached hydrogen (secondary N) is 3. The molecule has 16 nitrogen and oxygen atoms in total. The van der Waals surface area contributed by atoms with Crippen LogP contribution in [-0.2, 0) is 44.8 Å². The van der Waals surface area contributed by atoms with Gasteiger partial charge in [-0.25, -0.2) is 0 Å². The number of unbranched alkanes of at least 4 members (excludes halogenated alkanes) is 1. The van der Waals surface area contributed by atoms with E-state index >= 15 is 0 Å². The number of benzene rings is 1. The van der Waals surface area contributed by atoms with Crippen LogP contribution in [0.4, 0.5) is 0 Å². The van der Waals surface area contributed by atoms with Gasteiger partial charge in [0.1, 0.15) is 24.4 Å². The molecule has 0 aliphatic carbocycles. The molecule has 0 spiro atoms. The van der Waals surface area contributed by atoms with Crippen molar-refractivity contribution in [2.75, 3.05) is 18.6 Å². The number of aldehydes is 1. The zero-order valence-corrected chi connectivity index (χ0v) is 31.0. The minimum absolute atomic E-state index is 0.0197. The lowest BCUT2D eigenvalue weighted by Crippen LogP contribution is -2.59. The van der Waals surface area contributed by atoms with Gasteiger partial charge in [-0.3, -0.25) is 38.5 Å². The van der Waals surface area contributed by atoms with E-state index in [1.54, 1.807) is 18.4 Å². The summed E-state index contributed by atoms with van der Waals surface area (Å²) in [6.45, 7) is 4.02. The smallest absolute Gasteiger partial charge is 0.305 e. The number of hydrogen-bond acceptors (Lipinski definition) is 11. The highest BCUT2D eigenvalue weighted by atomic mass is 32.2. The molecule has 10 N–H and O–H groups in total. The molecule has 0 heterocycles. The van der Waals surface area contributed by atoms with E-state index < -0.39 is 78.0 Å². The number of carbonyl (C=O) groups is 8. The number of primary amides is 1. The molecular formula is C35H55N7O9S. The molecule has 5 atom stereocenters. The van der Waals surface area contributed by atoms with E-state index in [-0.39, 0.29) is 50.9 Å². The first-order chi connectivity index (χ1) is 24.6. The largest absolute Gasteiger partial charge is 0.481 e. The first-order valence-corrected chi connectivity index (χ1v) is 18.7. The molecule has 0 radical (unpaired) electrons. The standard InChI is InChI=1S/C35H55N7O9S/c1-22(2)19-24(21-43)42(30(45)15-12-23-9-5-4-6-10-23)35(51)27(13-14-29(38)44)40-33(49)26(16-18-52-3)39-34(50)28(20-31(46)47)41-32(48)25(37)11-7-8-17-36/h4-6,9-10,21-22,24-28H,7-8,11-20,36-37H2,1-3H3,(H2,38,44)(H,39,50)(H,40,49)(H,41,48)(H,46,47)/t24-,25-,26-,27-,28-/m0/s1. The van der Waals surface area contributed by atoms with Crippen molar-refractivity contribution < 1.29 is 43.5 Å². The number of carbonyl (C=O) groups excluding carboxylic acids is 7. The maximum atomic E-state index is 14.2. The number of nitrogens with zero attached hydrogens (tertiary/aromatic N) is 1. The van der Waals surface area contributed by atoms with E-state index in [0.717, 1.165) is 10.5 Å². The summed E-state index contributed by atoms with van der Waals surface area (Å²) >= 11 is 1.34. The van der Waals surface area contributed by atoms with Crippen LogP contribution in [0, 0.1) is 5.92 Å². The average molecular weight is 750 g/mol. The van der Waals surface area contributed by atoms with Crippen molar-refractivity contribution >= 4 is 59.5 Å². The van der Waals surface area contributed by atoms with Gasteiger partial charge in [0, 0.05) is 12.8 Å². The van der Waals surface area contributed by atoms with Crippen molar-refractivity contribution in [2.24, 2.45) is 23.1 Å². The van der Waals surface area contributed by atoms with Crippen molar-refractivity contribution in [1.29, 1.82) is 0 Å². The second kappa shape index (κ2) is 24.8. The molecule has 0 saturated heterocycles. The Morgan fingerprint density at radius 3 is 2.04 bits per heavy atom. The summed E-state index contributed by atoms with van der Waals surface area (Å²) < 4.78 is 0. The number of hydrogen-bond donors (Lipinski definition) is 7. The van der Waals surface area contributed by atoms with Crippen LogP contribution in [0.3, 0.4) is 0 Å². The number of aliphatic carboxylic acids is 1. The monoisotopic (exact) mass is 749 g/mol. The molecule has 0 aliphatic rings. The van der Waals surface area contributed by atoms with Gasteiger partial charge < -0.3 is 43.1 Å². The molecule has 6 amide bonds. The van der Waals surface area contributed by atoms with E-state index in [4.69, 9.17) is 17.2 Å². The van der Waals surface area contributed by atoms with E-state index in [1.165, 1.54) is 11.8 Å². The number of imide groups is 1. The van der Waals surface area contributed by atoms with Crippen molar-refractivity contribution in [1.82, 2.24) is 20.9 Å². The number of carboxylic acids is 1. The van der Waals surface area contributed by atoms with Crippen LogP contribution in [0.1, 0.15) is 77.2 Å². The van der Waals surface area contributed by atoms with E-state index in [2.05, 4.69) is 16.0 Å². The SMILES string of the molecule is CSCC[C@H](NC(=O)[C@H](CC(=O)O)NC(=O)[C@@H](N)CCCCN)C(=O)N[C@@H](CCC(N)=O)C(=O)N(C(=O)CCc1ccccc1)[C@H](C=O)CC(C)C. The highest BCUT2D eigenvalue weighted by Crippen LogP contribution is 2.17. The zero-order chi connectivity index (χ0) is 39.2. The second-order valence-electron chi connectivity index (χ2n) is 12.9. The van der Waals surface area contributed by atoms with Crippen LogP contribution in [0.2, 0.25) is 0 Å². The first kappa shape index (κ1) is 45.7. The minimum Gasteiger partial charge on any atom is -0.481 e. The number of amides is 6. The Hall–Kier alpha value is -4.35. The summed E-state index contributed by atoms with van der Waals surface area (Å²) in [5.41, 5.74) is 17.6. The van der Waals surface area contributed by atoms with Gasteiger partial charge in [-0.15, -0.1) is 0 Å². The molecule has 0 saturated carbocycles. The maximum Gasteiger partial charge on any atom is 0.305 e. The van der Waals surface area contributed by atoms with Gasteiger partial charge in [0.2, 0.25) is 29.5 Å². The fourth-order valence-electron chi connectivity index (χ4n) is 5.26. The Morgan fingerprint density at radius 1 is 0.865 bits per heavy atom. The molecule has 52 heavy (non-hydrogen) atoms. The highest BCUT2D eigenvalue weighted by molar-refractivity contribution is 7.98. The molecule has 0 aliphatic heterocycles. The Bertz CT molecular complexity index is 1350. The number of rotatable bonds is 26. The lowest BCUT2D eigenvalue weighted by atomic mass is 10.00. The van der Waals surface area contributed by atoms with Crippen LogP contribution >= 0.6 is 11.8 Å². The van der Waals surface area contributed by atoms with Gasteiger partial charge >= 0.3 is 5.97 Å². The van der Waals surface area contributed by atoms with Crippen LogP contribution < -0.4 is 33.2 Å². The van der Waals surface area contributed by atoms with Crippen LogP contribution in [0.5, 0.6) is 0 Å². The molecule has 17 heteroatoms. The molecular weight excluding hydrogens is 694 g/mol. The summed E-state index contributed by atoms with van der Waals surface area (Å²) in [6.07, 6.45) is 2.45. The quantitative estimate of drug-likeness (QED) is 0.0487. The van der Waals surface area contributed by atoms with Crippen LogP contribution in [-0.4, -0.2) is 106 Å².